The molecule has 19 heavy (non-hydrogen) atoms. The summed E-state index contributed by atoms with van der Waals surface area (Å²) in [7, 11) is 0. The maximum atomic E-state index is 12.1. The molecule has 0 spiro atoms. The Morgan fingerprint density at radius 2 is 2.16 bits per heavy atom. The van der Waals surface area contributed by atoms with Crippen molar-refractivity contribution in [2.45, 2.75) is 19.9 Å². The van der Waals surface area contributed by atoms with E-state index in [2.05, 4.69) is 9.97 Å². The Hall–Kier alpha value is -2.18. The highest BCUT2D eigenvalue weighted by molar-refractivity contribution is 5.86. The Labute approximate surface area is 110 Å². The number of anilines is 1. The molecule has 1 amide bonds. The highest BCUT2D eigenvalue weighted by Gasteiger charge is 2.31. The number of hydrogen-bond acceptors (Lipinski definition) is 5. The molecule has 1 aliphatic heterocycles. The molecule has 0 radical (unpaired) electrons. The van der Waals surface area contributed by atoms with E-state index in [-0.39, 0.29) is 17.6 Å². The Morgan fingerprint density at radius 1 is 1.42 bits per heavy atom. The van der Waals surface area contributed by atoms with Crippen molar-refractivity contribution in [2.75, 3.05) is 24.5 Å². The number of rotatable bonds is 3. The van der Waals surface area contributed by atoms with Crippen LogP contribution in [-0.4, -0.2) is 57.5 Å². The molecule has 1 saturated heterocycles. The molecule has 1 aromatic rings. The van der Waals surface area contributed by atoms with Crippen molar-refractivity contribution in [3.05, 3.63) is 18.1 Å². The van der Waals surface area contributed by atoms with E-state index in [0.717, 1.165) is 0 Å². The van der Waals surface area contributed by atoms with E-state index in [0.29, 0.717) is 25.5 Å². The normalized spacial score (nSPS) is 19.7. The molecule has 1 fully saturated rings. The molecular formula is C12H16N4O3. The summed E-state index contributed by atoms with van der Waals surface area (Å²) < 4.78 is 0. The fourth-order valence-corrected chi connectivity index (χ4v) is 2.14. The highest BCUT2D eigenvalue weighted by atomic mass is 16.4. The van der Waals surface area contributed by atoms with Crippen molar-refractivity contribution in [3.63, 3.8) is 0 Å². The predicted octanol–water partition coefficient (Wildman–Crippen LogP) is 0.232. The average molecular weight is 264 g/mol. The van der Waals surface area contributed by atoms with E-state index in [9.17, 15) is 9.59 Å². The molecule has 0 bridgehead atoms. The highest BCUT2D eigenvalue weighted by Crippen LogP contribution is 2.18. The summed E-state index contributed by atoms with van der Waals surface area (Å²) in [5.41, 5.74) is -0.102. The second-order valence-corrected chi connectivity index (χ2v) is 4.35. The standard InChI is InChI=1S/C12H16N4O3/c1-3-15-4-5-16(8(2)11(15)17)10-7-13-9(6-14-10)12(18)19/h6-8H,3-5H2,1-2H3,(H,18,19). The summed E-state index contributed by atoms with van der Waals surface area (Å²) in [5.74, 6) is -0.529. The van der Waals surface area contributed by atoms with Crippen LogP contribution in [0.5, 0.6) is 0 Å². The molecule has 1 N–H and O–H groups in total. The number of carboxylic acid groups (broad SMARTS) is 1. The first-order valence-corrected chi connectivity index (χ1v) is 6.15. The van der Waals surface area contributed by atoms with Crippen molar-refractivity contribution in [1.82, 2.24) is 14.9 Å². The largest absolute Gasteiger partial charge is 0.476 e. The monoisotopic (exact) mass is 264 g/mol. The summed E-state index contributed by atoms with van der Waals surface area (Å²) in [5, 5.41) is 8.77. The van der Waals surface area contributed by atoms with Crippen LogP contribution in [0.15, 0.2) is 12.4 Å². The second-order valence-electron chi connectivity index (χ2n) is 4.35. The van der Waals surface area contributed by atoms with Gasteiger partial charge in [-0.25, -0.2) is 14.8 Å². The lowest BCUT2D eigenvalue weighted by molar-refractivity contribution is -0.133. The van der Waals surface area contributed by atoms with E-state index in [1.54, 1.807) is 4.90 Å². The van der Waals surface area contributed by atoms with Gasteiger partial charge >= 0.3 is 5.97 Å². The van der Waals surface area contributed by atoms with Crippen molar-refractivity contribution in [2.24, 2.45) is 0 Å². The average Bonchev–Trinajstić information content (AvgIpc) is 2.42. The number of hydrogen-bond donors (Lipinski definition) is 1. The van der Waals surface area contributed by atoms with Crippen LogP contribution in [0.3, 0.4) is 0 Å². The smallest absolute Gasteiger partial charge is 0.356 e. The van der Waals surface area contributed by atoms with Gasteiger partial charge in [-0.1, -0.05) is 0 Å². The van der Waals surface area contributed by atoms with Crippen LogP contribution in [-0.2, 0) is 4.79 Å². The first-order chi connectivity index (χ1) is 9.04. The van der Waals surface area contributed by atoms with E-state index < -0.39 is 5.97 Å². The third-order valence-electron chi connectivity index (χ3n) is 3.28. The zero-order valence-corrected chi connectivity index (χ0v) is 10.9. The van der Waals surface area contributed by atoms with Gasteiger partial charge in [-0.3, -0.25) is 4.79 Å². The molecule has 7 nitrogen and oxygen atoms in total. The lowest BCUT2D eigenvalue weighted by Crippen LogP contribution is -2.56. The molecule has 7 heteroatoms. The molecule has 0 aromatic carbocycles. The molecular weight excluding hydrogens is 248 g/mol. The second kappa shape index (κ2) is 5.21. The first-order valence-electron chi connectivity index (χ1n) is 6.15. The third kappa shape index (κ3) is 2.49. The quantitative estimate of drug-likeness (QED) is 0.841. The van der Waals surface area contributed by atoms with Crippen molar-refractivity contribution in [3.8, 4) is 0 Å². The van der Waals surface area contributed by atoms with Crippen LogP contribution in [0.2, 0.25) is 0 Å². The number of nitrogens with zero attached hydrogens (tertiary/aromatic N) is 4. The summed E-state index contributed by atoms with van der Waals surface area (Å²) in [6.45, 7) is 5.77. The maximum Gasteiger partial charge on any atom is 0.356 e. The van der Waals surface area contributed by atoms with E-state index in [1.807, 2.05) is 18.7 Å². The number of amides is 1. The molecule has 0 aliphatic carbocycles. The number of likely N-dealkylation sites (N-methyl/N-ethyl adjacent to an activating group) is 1. The molecule has 0 saturated carbocycles. The molecule has 2 heterocycles. The van der Waals surface area contributed by atoms with E-state index in [4.69, 9.17) is 5.11 Å². The van der Waals surface area contributed by atoms with Gasteiger partial charge in [0.25, 0.3) is 0 Å². The van der Waals surface area contributed by atoms with E-state index >= 15 is 0 Å². The minimum absolute atomic E-state index is 0.0536. The van der Waals surface area contributed by atoms with Gasteiger partial charge in [0.1, 0.15) is 11.9 Å². The third-order valence-corrected chi connectivity index (χ3v) is 3.28. The number of aromatic nitrogens is 2. The lowest BCUT2D eigenvalue weighted by Gasteiger charge is -2.39. The van der Waals surface area contributed by atoms with Gasteiger partial charge in [-0.05, 0) is 13.8 Å². The van der Waals surface area contributed by atoms with Crippen molar-refractivity contribution < 1.29 is 14.7 Å². The van der Waals surface area contributed by atoms with Crippen LogP contribution >= 0.6 is 0 Å². The summed E-state index contributed by atoms with van der Waals surface area (Å²) in [6.07, 6.45) is 2.61. The fourth-order valence-electron chi connectivity index (χ4n) is 2.14. The fraction of sp³-hybridized carbons (Fsp3) is 0.500. The van der Waals surface area contributed by atoms with Crippen LogP contribution in [0, 0.1) is 0 Å². The van der Waals surface area contributed by atoms with Crippen LogP contribution in [0.25, 0.3) is 0 Å². The van der Waals surface area contributed by atoms with Gasteiger partial charge in [0, 0.05) is 19.6 Å². The van der Waals surface area contributed by atoms with Crippen molar-refractivity contribution in [1.29, 1.82) is 0 Å². The maximum absolute atomic E-state index is 12.1. The lowest BCUT2D eigenvalue weighted by atomic mass is 10.2. The summed E-state index contributed by atoms with van der Waals surface area (Å²) in [4.78, 5) is 34.3. The van der Waals surface area contributed by atoms with Gasteiger partial charge in [0.2, 0.25) is 5.91 Å². The number of carbonyl (C=O) groups excluding carboxylic acids is 1. The Balaban J connectivity index is 2.18. The van der Waals surface area contributed by atoms with Crippen molar-refractivity contribution >= 4 is 17.7 Å². The van der Waals surface area contributed by atoms with Gasteiger partial charge in [-0.2, -0.15) is 0 Å². The Kier molecular flexibility index (Phi) is 3.64. The topological polar surface area (TPSA) is 86.6 Å². The molecule has 102 valence electrons. The molecule has 1 atom stereocenters. The van der Waals surface area contributed by atoms with Gasteiger partial charge < -0.3 is 14.9 Å². The minimum atomic E-state index is -1.11. The van der Waals surface area contributed by atoms with Crippen LogP contribution in [0.1, 0.15) is 24.3 Å². The number of piperazine rings is 1. The van der Waals surface area contributed by atoms with Crippen LogP contribution in [0.4, 0.5) is 5.82 Å². The zero-order valence-electron chi connectivity index (χ0n) is 10.9. The first kappa shape index (κ1) is 13.3. The summed E-state index contributed by atoms with van der Waals surface area (Å²) >= 11 is 0. The van der Waals surface area contributed by atoms with Gasteiger partial charge in [0.15, 0.2) is 5.69 Å². The van der Waals surface area contributed by atoms with Crippen LogP contribution < -0.4 is 4.90 Å². The molecule has 1 aliphatic rings. The SMILES string of the molecule is CCN1CCN(c2cnc(C(=O)O)cn2)C(C)C1=O. The minimum Gasteiger partial charge on any atom is -0.476 e. The Bertz CT molecular complexity index is 488. The molecule has 2 rings (SSSR count). The zero-order chi connectivity index (χ0) is 14.0. The van der Waals surface area contributed by atoms with Gasteiger partial charge in [0.05, 0.1) is 12.4 Å². The molecule has 1 unspecified atom stereocenters. The van der Waals surface area contributed by atoms with Gasteiger partial charge in [-0.15, -0.1) is 0 Å². The number of aromatic carboxylic acids is 1. The summed E-state index contributed by atoms with van der Waals surface area (Å²) in [6, 6.07) is -0.307. The molecule has 1 aromatic heterocycles. The Morgan fingerprint density at radius 3 is 2.68 bits per heavy atom. The number of carboxylic acids is 1. The predicted molar refractivity (Wildman–Crippen MR) is 68.1 cm³/mol. The number of carbonyl (C=O) groups is 2. The van der Waals surface area contributed by atoms with E-state index in [1.165, 1.54) is 12.4 Å².